The van der Waals surface area contributed by atoms with Gasteiger partial charge in [0.25, 0.3) is 0 Å². The zero-order valence-electron chi connectivity index (χ0n) is 12.3. The summed E-state index contributed by atoms with van der Waals surface area (Å²) in [5.41, 5.74) is 3.32. The number of hydrogen-bond donors (Lipinski definition) is 1. The van der Waals surface area contributed by atoms with Crippen LogP contribution in [-0.2, 0) is 10.4 Å². The van der Waals surface area contributed by atoms with Crippen LogP contribution in [0.3, 0.4) is 0 Å². The Balaban J connectivity index is 2.40. The van der Waals surface area contributed by atoms with E-state index in [0.29, 0.717) is 27.2 Å². The van der Waals surface area contributed by atoms with Crippen LogP contribution >= 0.6 is 39.1 Å². The summed E-state index contributed by atoms with van der Waals surface area (Å²) in [4.78, 5) is 9.05. The second-order valence-electron chi connectivity index (χ2n) is 5.02. The Kier molecular flexibility index (Phi) is 5.55. The van der Waals surface area contributed by atoms with Gasteiger partial charge in [-0.3, -0.25) is 10.3 Å². The largest absolute Gasteiger partial charge is 0.481 e. The number of rotatable bonds is 5. The lowest BCUT2D eigenvalue weighted by Gasteiger charge is -2.29. The number of nitrogens with zero attached hydrogens (tertiary/aromatic N) is 1. The molecule has 1 aromatic carbocycles. The van der Waals surface area contributed by atoms with Gasteiger partial charge >= 0.3 is 0 Å². The van der Waals surface area contributed by atoms with Crippen molar-refractivity contribution in [2.24, 2.45) is 0 Å². The molecule has 1 aromatic heterocycles. The first-order chi connectivity index (χ1) is 10.3. The fourth-order valence-corrected chi connectivity index (χ4v) is 3.23. The van der Waals surface area contributed by atoms with Gasteiger partial charge in [0, 0.05) is 10.7 Å². The van der Waals surface area contributed by atoms with E-state index in [1.165, 1.54) is 7.11 Å². The number of pyridine rings is 1. The molecule has 0 aliphatic carbocycles. The van der Waals surface area contributed by atoms with Gasteiger partial charge < -0.3 is 4.74 Å². The molecular weight excluding hydrogens is 391 g/mol. The topological polar surface area (TPSA) is 43.4 Å². The highest BCUT2D eigenvalue weighted by Gasteiger charge is 2.30. The molecule has 2 rings (SSSR count). The monoisotopic (exact) mass is 404 g/mol. The molecule has 1 heterocycles. The molecule has 0 atom stereocenters. The van der Waals surface area contributed by atoms with Gasteiger partial charge in [-0.2, -0.15) is 0 Å². The van der Waals surface area contributed by atoms with Crippen LogP contribution in [0.25, 0.3) is 0 Å². The van der Waals surface area contributed by atoms with Gasteiger partial charge in [-0.25, -0.2) is 4.98 Å². The predicted molar refractivity (Wildman–Crippen MR) is 92.7 cm³/mol. The molecule has 0 amide bonds. The highest BCUT2D eigenvalue weighted by molar-refractivity contribution is 9.10. The molecule has 0 aliphatic rings. The van der Waals surface area contributed by atoms with E-state index in [9.17, 15) is 0 Å². The summed E-state index contributed by atoms with van der Waals surface area (Å²) >= 11 is 15.8. The summed E-state index contributed by atoms with van der Waals surface area (Å²) in [7, 11) is 1.53. The van der Waals surface area contributed by atoms with Crippen molar-refractivity contribution in [1.29, 1.82) is 0 Å². The van der Waals surface area contributed by atoms with Gasteiger partial charge in [0.2, 0.25) is 0 Å². The first-order valence-electron chi connectivity index (χ1n) is 6.43. The summed E-state index contributed by atoms with van der Waals surface area (Å²) in [6.45, 7) is 3.75. The fraction of sp³-hybridized carbons (Fsp3) is 0.267. The highest BCUT2D eigenvalue weighted by Crippen LogP contribution is 2.39. The Labute approximate surface area is 147 Å². The lowest BCUT2D eigenvalue weighted by Crippen LogP contribution is -2.27. The lowest BCUT2D eigenvalue weighted by atomic mass is 9.99. The minimum Gasteiger partial charge on any atom is -0.481 e. The molecule has 0 unspecified atom stereocenters. The standard InChI is InChI=1S/C15H15BrCl2N2O2/c1-15(2,13-10(17)6-7-19-14(13)18)22-12-5-4-9(16)8-11(12)20-21-3/h4-8,20H,1-3H3. The number of halogens is 3. The summed E-state index contributed by atoms with van der Waals surface area (Å²) in [6, 6.07) is 7.23. The Morgan fingerprint density at radius 3 is 2.59 bits per heavy atom. The average molecular weight is 406 g/mol. The van der Waals surface area contributed by atoms with Crippen molar-refractivity contribution in [1.82, 2.24) is 4.98 Å². The van der Waals surface area contributed by atoms with Crippen molar-refractivity contribution < 1.29 is 9.57 Å². The van der Waals surface area contributed by atoms with Crippen LogP contribution < -0.4 is 10.2 Å². The van der Waals surface area contributed by atoms with E-state index in [1.54, 1.807) is 12.3 Å². The molecular formula is C15H15BrCl2N2O2. The molecule has 22 heavy (non-hydrogen) atoms. The van der Waals surface area contributed by atoms with Gasteiger partial charge in [0.15, 0.2) is 0 Å². The van der Waals surface area contributed by atoms with Crippen LogP contribution in [0, 0.1) is 0 Å². The molecule has 0 saturated heterocycles. The quantitative estimate of drug-likeness (QED) is 0.531. The van der Waals surface area contributed by atoms with Crippen molar-refractivity contribution in [3.05, 3.63) is 50.7 Å². The normalized spacial score (nSPS) is 11.4. The van der Waals surface area contributed by atoms with E-state index in [4.69, 9.17) is 32.8 Å². The molecule has 0 radical (unpaired) electrons. The molecule has 0 fully saturated rings. The van der Waals surface area contributed by atoms with E-state index < -0.39 is 5.60 Å². The van der Waals surface area contributed by atoms with Gasteiger partial charge in [0.05, 0.1) is 17.7 Å². The Bertz CT molecular complexity index is 660. The molecule has 1 N–H and O–H groups in total. The maximum absolute atomic E-state index is 6.25. The fourth-order valence-electron chi connectivity index (χ4n) is 2.06. The Hall–Kier alpha value is -1.01. The molecule has 4 nitrogen and oxygen atoms in total. The zero-order chi connectivity index (χ0) is 16.3. The molecule has 2 aromatic rings. The van der Waals surface area contributed by atoms with E-state index in [0.717, 1.165) is 4.47 Å². The zero-order valence-corrected chi connectivity index (χ0v) is 15.4. The Morgan fingerprint density at radius 1 is 1.23 bits per heavy atom. The Morgan fingerprint density at radius 2 is 1.95 bits per heavy atom. The highest BCUT2D eigenvalue weighted by atomic mass is 79.9. The van der Waals surface area contributed by atoms with E-state index in [1.807, 2.05) is 32.0 Å². The SMILES string of the molecule is CONc1cc(Br)ccc1OC(C)(C)c1c(Cl)ccnc1Cl. The maximum Gasteiger partial charge on any atom is 0.146 e. The lowest BCUT2D eigenvalue weighted by molar-refractivity contribution is 0.108. The van der Waals surface area contributed by atoms with E-state index in [-0.39, 0.29) is 0 Å². The summed E-state index contributed by atoms with van der Waals surface area (Å²) in [5, 5.41) is 0.819. The van der Waals surface area contributed by atoms with Gasteiger partial charge in [0.1, 0.15) is 22.2 Å². The smallest absolute Gasteiger partial charge is 0.146 e. The van der Waals surface area contributed by atoms with Gasteiger partial charge in [-0.1, -0.05) is 39.1 Å². The number of ether oxygens (including phenoxy) is 1. The van der Waals surface area contributed by atoms with Crippen LogP contribution in [0.1, 0.15) is 19.4 Å². The van der Waals surface area contributed by atoms with E-state index >= 15 is 0 Å². The van der Waals surface area contributed by atoms with Gasteiger partial charge in [-0.15, -0.1) is 0 Å². The number of aromatic nitrogens is 1. The number of benzene rings is 1. The van der Waals surface area contributed by atoms with Crippen LogP contribution in [0.15, 0.2) is 34.9 Å². The molecule has 0 aliphatic heterocycles. The molecule has 0 spiro atoms. The average Bonchev–Trinajstić information content (AvgIpc) is 2.41. The van der Waals surface area contributed by atoms with Crippen LogP contribution in [0.4, 0.5) is 5.69 Å². The van der Waals surface area contributed by atoms with Crippen LogP contribution in [0.2, 0.25) is 10.2 Å². The van der Waals surface area contributed by atoms with Crippen molar-refractivity contribution in [3.63, 3.8) is 0 Å². The minimum atomic E-state index is -0.777. The van der Waals surface area contributed by atoms with Crippen molar-refractivity contribution in [2.45, 2.75) is 19.4 Å². The van der Waals surface area contributed by atoms with Crippen molar-refractivity contribution >= 4 is 44.8 Å². The summed E-state index contributed by atoms with van der Waals surface area (Å²) in [5.74, 6) is 0.603. The number of hydrogen-bond acceptors (Lipinski definition) is 4. The number of anilines is 1. The first-order valence-corrected chi connectivity index (χ1v) is 7.98. The summed E-state index contributed by atoms with van der Waals surface area (Å²) in [6.07, 6.45) is 1.56. The van der Waals surface area contributed by atoms with Crippen LogP contribution in [-0.4, -0.2) is 12.1 Å². The third-order valence-electron chi connectivity index (χ3n) is 2.97. The number of nitrogens with one attached hydrogen (secondary N) is 1. The molecule has 0 bridgehead atoms. The first kappa shape index (κ1) is 17.3. The summed E-state index contributed by atoms with van der Waals surface area (Å²) < 4.78 is 7.01. The van der Waals surface area contributed by atoms with Gasteiger partial charge in [-0.05, 0) is 38.1 Å². The van der Waals surface area contributed by atoms with Crippen LogP contribution in [0.5, 0.6) is 5.75 Å². The van der Waals surface area contributed by atoms with Crippen molar-refractivity contribution in [3.8, 4) is 5.75 Å². The maximum atomic E-state index is 6.25. The van der Waals surface area contributed by atoms with Crippen molar-refractivity contribution in [2.75, 3.05) is 12.6 Å². The second-order valence-corrected chi connectivity index (χ2v) is 6.70. The second kappa shape index (κ2) is 7.04. The molecule has 118 valence electrons. The molecule has 7 heteroatoms. The third-order valence-corrected chi connectivity index (χ3v) is 4.07. The molecule has 0 saturated carbocycles. The minimum absolute atomic E-state index is 0.316. The predicted octanol–water partition coefficient (Wildman–Crippen LogP) is 5.44. The van der Waals surface area contributed by atoms with E-state index in [2.05, 4.69) is 26.4 Å². The third kappa shape index (κ3) is 3.84.